The molecule has 0 aliphatic heterocycles. The van der Waals surface area contributed by atoms with Gasteiger partial charge in [0, 0.05) is 0 Å². The van der Waals surface area contributed by atoms with Gasteiger partial charge in [0.1, 0.15) is 0 Å². The maximum absolute atomic E-state index is 9.53. The molecule has 2 N–H and O–H groups in total. The summed E-state index contributed by atoms with van der Waals surface area (Å²) in [6.07, 6.45) is 0. The Morgan fingerprint density at radius 3 is 1.62 bits per heavy atom. The Bertz CT molecular complexity index is 225. The van der Waals surface area contributed by atoms with Crippen molar-refractivity contribution in [2.24, 2.45) is 4.41 Å². The van der Waals surface area contributed by atoms with Gasteiger partial charge in [-0.1, -0.05) is 0 Å². The third-order valence-corrected chi connectivity index (χ3v) is 7.44. The second-order valence-corrected chi connectivity index (χ2v) is 16.1. The maximum atomic E-state index is 9.53. The molecule has 0 aromatic heterocycles. The first-order chi connectivity index (χ1) is 5.41. The summed E-state index contributed by atoms with van der Waals surface area (Å²) in [5.41, 5.74) is 0. The van der Waals surface area contributed by atoms with E-state index in [1.807, 2.05) is 39.3 Å². The quantitative estimate of drug-likeness (QED) is 0.590. The molecule has 0 fully saturated rings. The van der Waals surface area contributed by atoms with E-state index in [1.165, 1.54) is 0 Å². The van der Waals surface area contributed by atoms with Crippen molar-refractivity contribution in [3.05, 3.63) is 0 Å². The lowest BCUT2D eigenvalue weighted by molar-refractivity contribution is 0.356. The minimum Gasteiger partial charge on any atom is -0.346 e. The van der Waals surface area contributed by atoms with Crippen LogP contribution in [0.3, 0.4) is 0 Å². The standard InChI is InChI=1S/C6H20NO3PSi2/c1-12(2,3)7-11(8,9)10-13(4,5)6/h8-9H,1-6H3. The number of nitrogens with zero attached hydrogens (tertiary/aromatic N) is 1. The second kappa shape index (κ2) is 3.96. The molecule has 0 aromatic carbocycles. The highest BCUT2D eigenvalue weighted by atomic mass is 31.2. The van der Waals surface area contributed by atoms with Crippen LogP contribution in [-0.2, 0) is 4.21 Å². The summed E-state index contributed by atoms with van der Waals surface area (Å²) in [5, 5.41) is 0. The van der Waals surface area contributed by atoms with Crippen LogP contribution in [0.4, 0.5) is 0 Å². The number of hydrogen-bond donors (Lipinski definition) is 2. The van der Waals surface area contributed by atoms with Crippen LogP contribution in [0, 0.1) is 0 Å². The zero-order valence-electron chi connectivity index (χ0n) is 9.20. The van der Waals surface area contributed by atoms with Crippen molar-refractivity contribution in [2.75, 3.05) is 0 Å². The first kappa shape index (κ1) is 13.5. The third kappa shape index (κ3) is 8.86. The number of rotatable bonds is 3. The Labute approximate surface area is 82.5 Å². The normalized spacial score (nSPS) is 14.5. The average Bonchev–Trinajstić information content (AvgIpc) is 1.43. The Hall–Kier alpha value is 0.544. The molecule has 0 aromatic rings. The van der Waals surface area contributed by atoms with Crippen molar-refractivity contribution in [1.82, 2.24) is 0 Å². The van der Waals surface area contributed by atoms with Crippen LogP contribution in [0.25, 0.3) is 0 Å². The van der Waals surface area contributed by atoms with Crippen LogP contribution < -0.4 is 0 Å². The zero-order chi connectivity index (χ0) is 10.9. The second-order valence-electron chi connectivity index (χ2n) is 4.99. The smallest absolute Gasteiger partial charge is 0.330 e. The first-order valence-electron chi connectivity index (χ1n) is 4.21. The Morgan fingerprint density at radius 2 is 1.38 bits per heavy atom. The van der Waals surface area contributed by atoms with Gasteiger partial charge in [-0.25, -0.2) is 0 Å². The molecule has 7 heteroatoms. The van der Waals surface area contributed by atoms with E-state index in [9.17, 15) is 9.79 Å². The van der Waals surface area contributed by atoms with Crippen LogP contribution in [0.15, 0.2) is 4.41 Å². The average molecular weight is 241 g/mol. The Kier molecular flexibility index (Phi) is 4.13. The lowest BCUT2D eigenvalue weighted by Crippen LogP contribution is -2.25. The van der Waals surface area contributed by atoms with E-state index in [0.717, 1.165) is 0 Å². The van der Waals surface area contributed by atoms with Crippen LogP contribution in [-0.4, -0.2) is 26.3 Å². The molecule has 13 heavy (non-hydrogen) atoms. The molecule has 80 valence electrons. The molecule has 0 unspecified atom stereocenters. The van der Waals surface area contributed by atoms with Gasteiger partial charge in [-0.3, -0.25) is 4.41 Å². The van der Waals surface area contributed by atoms with Gasteiger partial charge in [0.2, 0.25) is 0 Å². The summed E-state index contributed by atoms with van der Waals surface area (Å²) in [7, 11) is -7.17. The molecule has 0 saturated heterocycles. The highest BCUT2D eigenvalue weighted by molar-refractivity contribution is 7.52. The third-order valence-electron chi connectivity index (χ3n) is 0.827. The molecule has 0 bridgehead atoms. The largest absolute Gasteiger partial charge is 0.346 e. The fraction of sp³-hybridized carbons (Fsp3) is 1.00. The summed E-state index contributed by atoms with van der Waals surface area (Å²) < 4.78 is 9.23. The topological polar surface area (TPSA) is 62.1 Å². The maximum Gasteiger partial charge on any atom is 0.330 e. The molecule has 0 aliphatic rings. The van der Waals surface area contributed by atoms with Crippen LogP contribution in [0.5, 0.6) is 0 Å². The summed E-state index contributed by atoms with van der Waals surface area (Å²) in [5.74, 6) is 0. The zero-order valence-corrected chi connectivity index (χ0v) is 12.1. The molecule has 0 aliphatic carbocycles. The molecular weight excluding hydrogens is 221 g/mol. The van der Waals surface area contributed by atoms with E-state index in [4.69, 9.17) is 4.21 Å². The van der Waals surface area contributed by atoms with Gasteiger partial charge in [-0.2, -0.15) is 0 Å². The molecule has 0 rings (SSSR count). The SMILES string of the molecule is C[Si](C)(C)N=P(O)(O)O[Si](C)(C)C. The van der Waals surface area contributed by atoms with Crippen molar-refractivity contribution in [1.29, 1.82) is 0 Å². The van der Waals surface area contributed by atoms with Crippen LogP contribution in [0.2, 0.25) is 39.3 Å². The van der Waals surface area contributed by atoms with Gasteiger partial charge in [-0.05, 0) is 39.3 Å². The van der Waals surface area contributed by atoms with Crippen LogP contribution in [0.1, 0.15) is 0 Å². The van der Waals surface area contributed by atoms with Crippen molar-refractivity contribution in [3.63, 3.8) is 0 Å². The van der Waals surface area contributed by atoms with Gasteiger partial charge >= 0.3 is 7.74 Å². The Balaban J connectivity index is 4.68. The fourth-order valence-electron chi connectivity index (χ4n) is 0.779. The summed E-state index contributed by atoms with van der Waals surface area (Å²) in [4.78, 5) is 19.1. The molecule has 0 amide bonds. The van der Waals surface area contributed by atoms with Crippen molar-refractivity contribution >= 4 is 24.3 Å². The van der Waals surface area contributed by atoms with E-state index in [0.29, 0.717) is 0 Å². The van der Waals surface area contributed by atoms with Gasteiger partial charge in [-0.15, -0.1) is 0 Å². The van der Waals surface area contributed by atoms with E-state index >= 15 is 0 Å². The van der Waals surface area contributed by atoms with E-state index in [-0.39, 0.29) is 0 Å². The molecular formula is C6H20NO3PSi2. The van der Waals surface area contributed by atoms with Crippen LogP contribution >= 0.6 is 7.74 Å². The minimum atomic E-state index is -3.44. The Morgan fingerprint density at radius 1 is 1.00 bits per heavy atom. The minimum absolute atomic E-state index is 1.82. The summed E-state index contributed by atoms with van der Waals surface area (Å²) >= 11 is 0. The van der Waals surface area contributed by atoms with E-state index in [1.54, 1.807) is 0 Å². The van der Waals surface area contributed by atoms with E-state index in [2.05, 4.69) is 4.41 Å². The van der Waals surface area contributed by atoms with Gasteiger partial charge in [0.05, 0.1) is 0 Å². The lowest BCUT2D eigenvalue weighted by atomic mass is 11.8. The highest BCUT2D eigenvalue weighted by Crippen LogP contribution is 2.45. The molecule has 4 nitrogen and oxygen atoms in total. The predicted molar refractivity (Wildman–Crippen MR) is 61.6 cm³/mol. The molecule has 0 radical (unpaired) electrons. The van der Waals surface area contributed by atoms with Gasteiger partial charge < -0.3 is 14.0 Å². The molecule has 0 spiro atoms. The van der Waals surface area contributed by atoms with E-state index < -0.39 is 24.3 Å². The van der Waals surface area contributed by atoms with Crippen molar-refractivity contribution in [3.8, 4) is 0 Å². The fourth-order valence-corrected chi connectivity index (χ4v) is 7.38. The number of hydrogen-bond acceptors (Lipinski definition) is 2. The van der Waals surface area contributed by atoms with Gasteiger partial charge in [0.25, 0.3) is 0 Å². The lowest BCUT2D eigenvalue weighted by Gasteiger charge is -2.24. The van der Waals surface area contributed by atoms with Crippen molar-refractivity contribution in [2.45, 2.75) is 39.3 Å². The summed E-state index contributed by atoms with van der Waals surface area (Å²) in [6.45, 7) is 11.6. The predicted octanol–water partition coefficient (Wildman–Crippen LogP) is 2.60. The summed E-state index contributed by atoms with van der Waals surface area (Å²) in [6, 6.07) is 0. The van der Waals surface area contributed by atoms with Crippen molar-refractivity contribution < 1.29 is 14.0 Å². The molecule has 0 heterocycles. The highest BCUT2D eigenvalue weighted by Gasteiger charge is 2.27. The molecule has 0 atom stereocenters. The monoisotopic (exact) mass is 241 g/mol. The first-order valence-corrected chi connectivity index (χ1v) is 12.6. The molecule has 0 saturated carbocycles. The van der Waals surface area contributed by atoms with Gasteiger partial charge in [0.15, 0.2) is 16.6 Å².